The minimum atomic E-state index is -1.05. The zero-order valence-corrected chi connectivity index (χ0v) is 12.4. The molecule has 1 atom stereocenters. The molecule has 7 nitrogen and oxygen atoms in total. The van der Waals surface area contributed by atoms with Gasteiger partial charge in [-0.15, -0.1) is 0 Å². The maximum Gasteiger partial charge on any atom is 0.326 e. The smallest absolute Gasteiger partial charge is 0.326 e. The fourth-order valence-electron chi connectivity index (χ4n) is 1.56. The van der Waals surface area contributed by atoms with Crippen LogP contribution in [0, 0.1) is 0 Å². The van der Waals surface area contributed by atoms with E-state index in [1.54, 1.807) is 0 Å². The molecule has 0 rings (SSSR count). The molecule has 0 aromatic heterocycles. The molecule has 0 saturated heterocycles. The van der Waals surface area contributed by atoms with E-state index < -0.39 is 18.0 Å². The van der Waals surface area contributed by atoms with E-state index in [1.807, 2.05) is 20.8 Å². The van der Waals surface area contributed by atoms with Crippen LogP contribution in [0.25, 0.3) is 0 Å². The maximum atomic E-state index is 11.5. The molecule has 7 heteroatoms. The Morgan fingerprint density at radius 3 is 2.30 bits per heavy atom. The van der Waals surface area contributed by atoms with Crippen LogP contribution in [0.2, 0.25) is 0 Å². The van der Waals surface area contributed by atoms with Crippen molar-refractivity contribution in [2.24, 2.45) is 0 Å². The predicted molar refractivity (Wildman–Crippen MR) is 75.4 cm³/mol. The van der Waals surface area contributed by atoms with Gasteiger partial charge in [0.2, 0.25) is 5.91 Å². The number of carboxylic acid groups (broad SMARTS) is 1. The van der Waals surface area contributed by atoms with Crippen LogP contribution >= 0.6 is 0 Å². The second-order valence-corrected chi connectivity index (χ2v) is 4.91. The van der Waals surface area contributed by atoms with Gasteiger partial charge in [0.1, 0.15) is 6.04 Å². The second-order valence-electron chi connectivity index (χ2n) is 4.91. The molecule has 0 spiro atoms. The minimum Gasteiger partial charge on any atom is -0.480 e. The van der Waals surface area contributed by atoms with Crippen molar-refractivity contribution in [1.29, 1.82) is 0 Å². The molecule has 0 aromatic carbocycles. The van der Waals surface area contributed by atoms with Crippen molar-refractivity contribution >= 4 is 17.9 Å². The van der Waals surface area contributed by atoms with E-state index in [4.69, 9.17) is 5.11 Å². The molecule has 0 aromatic rings. The number of hydrogen-bond acceptors (Lipinski definition) is 3. The Morgan fingerprint density at radius 1 is 1.15 bits per heavy atom. The third-order valence-corrected chi connectivity index (χ3v) is 2.54. The third kappa shape index (κ3) is 9.18. The molecule has 4 N–H and O–H groups in total. The molecule has 0 aliphatic carbocycles. The van der Waals surface area contributed by atoms with Crippen LogP contribution in [-0.2, 0) is 9.59 Å². The molecule has 0 saturated carbocycles. The van der Waals surface area contributed by atoms with E-state index in [0.29, 0.717) is 6.42 Å². The zero-order chi connectivity index (χ0) is 15.5. The van der Waals surface area contributed by atoms with E-state index >= 15 is 0 Å². The number of carboxylic acids is 1. The highest BCUT2D eigenvalue weighted by molar-refractivity contribution is 5.83. The first kappa shape index (κ1) is 18.2. The third-order valence-electron chi connectivity index (χ3n) is 2.54. The van der Waals surface area contributed by atoms with Gasteiger partial charge in [-0.3, -0.25) is 4.79 Å². The highest BCUT2D eigenvalue weighted by Gasteiger charge is 2.18. The number of hydrogen-bond donors (Lipinski definition) is 4. The van der Waals surface area contributed by atoms with Crippen molar-refractivity contribution in [2.45, 2.75) is 58.5 Å². The predicted octanol–water partition coefficient (Wildman–Crippen LogP) is 0.844. The van der Waals surface area contributed by atoms with Crippen molar-refractivity contribution in [3.63, 3.8) is 0 Å². The summed E-state index contributed by atoms with van der Waals surface area (Å²) in [6.07, 6.45) is 2.15. The second kappa shape index (κ2) is 10.1. The lowest BCUT2D eigenvalue weighted by Gasteiger charge is -2.15. The monoisotopic (exact) mass is 287 g/mol. The molecule has 0 bridgehead atoms. The Balaban J connectivity index is 3.96. The van der Waals surface area contributed by atoms with E-state index in [9.17, 15) is 14.4 Å². The quantitative estimate of drug-likeness (QED) is 0.504. The van der Waals surface area contributed by atoms with E-state index in [0.717, 1.165) is 12.8 Å². The van der Waals surface area contributed by atoms with Gasteiger partial charge in [-0.25, -0.2) is 9.59 Å². The Kier molecular flexibility index (Phi) is 9.15. The molecule has 20 heavy (non-hydrogen) atoms. The molecule has 0 heterocycles. The summed E-state index contributed by atoms with van der Waals surface area (Å²) < 4.78 is 0. The minimum absolute atomic E-state index is 0.0572. The lowest BCUT2D eigenvalue weighted by Crippen LogP contribution is -2.46. The number of carbonyl (C=O) groups is 3. The number of amides is 3. The topological polar surface area (TPSA) is 108 Å². The highest BCUT2D eigenvalue weighted by Crippen LogP contribution is 2.00. The van der Waals surface area contributed by atoms with Gasteiger partial charge in [-0.2, -0.15) is 0 Å². The Hall–Kier alpha value is -1.79. The summed E-state index contributed by atoms with van der Waals surface area (Å²) >= 11 is 0. The first-order chi connectivity index (χ1) is 9.36. The van der Waals surface area contributed by atoms with Gasteiger partial charge >= 0.3 is 12.0 Å². The molecule has 0 aliphatic heterocycles. The van der Waals surface area contributed by atoms with Crippen LogP contribution in [-0.4, -0.2) is 41.6 Å². The normalized spacial score (nSPS) is 11.8. The fourth-order valence-corrected chi connectivity index (χ4v) is 1.56. The first-order valence-electron chi connectivity index (χ1n) is 6.93. The maximum absolute atomic E-state index is 11.5. The van der Waals surface area contributed by atoms with Crippen LogP contribution < -0.4 is 16.0 Å². The SMILES string of the molecule is CCCCC(NC(=O)NCCC(=O)NC(C)C)C(=O)O. The lowest BCUT2D eigenvalue weighted by atomic mass is 10.1. The van der Waals surface area contributed by atoms with Gasteiger partial charge in [-0.1, -0.05) is 19.8 Å². The van der Waals surface area contributed by atoms with Crippen LogP contribution in [0.4, 0.5) is 4.79 Å². The highest BCUT2D eigenvalue weighted by atomic mass is 16.4. The molecular weight excluding hydrogens is 262 g/mol. The van der Waals surface area contributed by atoms with E-state index in [-0.39, 0.29) is 24.9 Å². The summed E-state index contributed by atoms with van der Waals surface area (Å²) in [5.74, 6) is -1.20. The van der Waals surface area contributed by atoms with Crippen molar-refractivity contribution < 1.29 is 19.5 Å². The van der Waals surface area contributed by atoms with Crippen molar-refractivity contribution in [1.82, 2.24) is 16.0 Å². The average Bonchev–Trinajstić information content (AvgIpc) is 2.33. The fraction of sp³-hybridized carbons (Fsp3) is 0.769. The van der Waals surface area contributed by atoms with Crippen LogP contribution in [0.1, 0.15) is 46.5 Å². The zero-order valence-electron chi connectivity index (χ0n) is 12.4. The first-order valence-corrected chi connectivity index (χ1v) is 6.93. The molecule has 0 radical (unpaired) electrons. The van der Waals surface area contributed by atoms with Gasteiger partial charge in [-0.05, 0) is 20.3 Å². The summed E-state index contributed by atoms with van der Waals surface area (Å²) in [7, 11) is 0. The van der Waals surface area contributed by atoms with Gasteiger partial charge in [0.15, 0.2) is 0 Å². The number of unbranched alkanes of at least 4 members (excludes halogenated alkanes) is 1. The summed E-state index contributed by atoms with van der Waals surface area (Å²) in [5, 5.41) is 16.5. The number of aliphatic carboxylic acids is 1. The molecular formula is C13H25N3O4. The van der Waals surface area contributed by atoms with E-state index in [1.165, 1.54) is 0 Å². The molecule has 3 amide bonds. The Morgan fingerprint density at radius 2 is 1.80 bits per heavy atom. The number of carbonyl (C=O) groups excluding carboxylic acids is 2. The summed E-state index contributed by atoms with van der Waals surface area (Å²) in [4.78, 5) is 33.8. The Labute approximate surface area is 119 Å². The number of urea groups is 1. The number of nitrogens with one attached hydrogen (secondary N) is 3. The largest absolute Gasteiger partial charge is 0.480 e. The van der Waals surface area contributed by atoms with Crippen molar-refractivity contribution in [2.75, 3.05) is 6.54 Å². The molecule has 0 aliphatic rings. The summed E-state index contributed by atoms with van der Waals surface area (Å²) in [6, 6.07) is -1.40. The van der Waals surface area contributed by atoms with Crippen LogP contribution in [0.5, 0.6) is 0 Å². The van der Waals surface area contributed by atoms with Gasteiger partial charge in [0.05, 0.1) is 0 Å². The number of rotatable bonds is 9. The molecule has 116 valence electrons. The molecule has 1 unspecified atom stereocenters. The van der Waals surface area contributed by atoms with Gasteiger partial charge < -0.3 is 21.1 Å². The van der Waals surface area contributed by atoms with Gasteiger partial charge in [0, 0.05) is 19.0 Å². The van der Waals surface area contributed by atoms with Crippen molar-refractivity contribution in [3.05, 3.63) is 0 Å². The standard InChI is InChI=1S/C13H25N3O4/c1-4-5-6-10(12(18)19)16-13(20)14-8-7-11(17)15-9(2)3/h9-10H,4-8H2,1-3H3,(H,15,17)(H,18,19)(H2,14,16,20). The van der Waals surface area contributed by atoms with E-state index in [2.05, 4.69) is 16.0 Å². The lowest BCUT2D eigenvalue weighted by molar-refractivity contribution is -0.139. The Bertz CT molecular complexity index is 332. The van der Waals surface area contributed by atoms with Gasteiger partial charge in [0.25, 0.3) is 0 Å². The summed E-state index contributed by atoms with van der Waals surface area (Å²) in [5.41, 5.74) is 0. The molecule has 0 fully saturated rings. The van der Waals surface area contributed by atoms with Crippen LogP contribution in [0.3, 0.4) is 0 Å². The van der Waals surface area contributed by atoms with Crippen molar-refractivity contribution in [3.8, 4) is 0 Å². The van der Waals surface area contributed by atoms with Crippen LogP contribution in [0.15, 0.2) is 0 Å². The average molecular weight is 287 g/mol. The summed E-state index contributed by atoms with van der Waals surface area (Å²) in [6.45, 7) is 5.82.